The summed E-state index contributed by atoms with van der Waals surface area (Å²) in [6.45, 7) is 0. The highest BCUT2D eigenvalue weighted by Gasteiger charge is 2.94. The maximum absolute atomic E-state index is 14.2. The molecule has 0 rings (SSSR count). The van der Waals surface area contributed by atoms with Gasteiger partial charge in [-0.1, -0.05) is 0 Å². The average Bonchev–Trinajstić information content (AvgIpc) is 2.55. The van der Waals surface area contributed by atoms with Crippen molar-refractivity contribution in [1.29, 1.82) is 0 Å². The van der Waals surface area contributed by atoms with Gasteiger partial charge in [0.25, 0.3) is 0 Å². The lowest BCUT2D eigenvalue weighted by Crippen LogP contribution is -2.78. The lowest BCUT2D eigenvalue weighted by molar-refractivity contribution is -0.441. The van der Waals surface area contributed by atoms with Gasteiger partial charge in [-0.25, -0.2) is 0 Å². The molecule has 0 saturated heterocycles. The van der Waals surface area contributed by atoms with Gasteiger partial charge < -0.3 is 13.3 Å². The number of hydrogen-bond donors (Lipinski definition) is 0. The van der Waals surface area contributed by atoms with Crippen LogP contribution < -0.4 is 0 Å². The molecule has 0 radical (unpaired) electrons. The molecule has 0 unspecified atom stereocenters. The zero-order chi connectivity index (χ0) is 31.6. The van der Waals surface area contributed by atoms with Crippen LogP contribution in [0.25, 0.3) is 0 Å². The molecule has 0 aliphatic carbocycles. The summed E-state index contributed by atoms with van der Waals surface area (Å²) in [6, 6.07) is 0. The second-order valence-corrected chi connectivity index (χ2v) is 8.48. The number of halogens is 24. The molecule has 0 atom stereocenters. The fourth-order valence-corrected chi connectivity index (χ4v) is 3.91. The van der Waals surface area contributed by atoms with E-state index in [4.69, 9.17) is 0 Å². The lowest BCUT2D eigenvalue weighted by Gasteiger charge is -2.44. The standard InChI is InChI=1S/C10F24O3Si/c11-1(12,3(15,16)17)2(13,14)10(33,34)38(35-7(27,28)4(18,19)20,36-8(29,30)5(21,22)23)37-9(31,32)6(24,25)26. The van der Waals surface area contributed by atoms with Gasteiger partial charge in [0.2, 0.25) is 0 Å². The fraction of sp³-hybridized carbons (Fsp3) is 1.00. The van der Waals surface area contributed by atoms with Crippen molar-refractivity contribution in [3.8, 4) is 0 Å². The minimum Gasteiger partial charge on any atom is -0.302 e. The van der Waals surface area contributed by atoms with E-state index >= 15 is 0 Å². The Morgan fingerprint density at radius 3 is 0.658 bits per heavy atom. The highest BCUT2D eigenvalue weighted by molar-refractivity contribution is 6.64. The fourth-order valence-electron chi connectivity index (χ4n) is 1.50. The minimum absolute atomic E-state index is 1.26. The van der Waals surface area contributed by atoms with Crippen molar-refractivity contribution in [2.75, 3.05) is 0 Å². The van der Waals surface area contributed by atoms with Gasteiger partial charge in [-0.2, -0.15) is 105 Å². The van der Waals surface area contributed by atoms with Crippen molar-refractivity contribution < 1.29 is 119 Å². The van der Waals surface area contributed by atoms with Crippen LogP contribution in [0.1, 0.15) is 0 Å². The van der Waals surface area contributed by atoms with E-state index in [0.29, 0.717) is 0 Å². The third kappa shape index (κ3) is 6.09. The van der Waals surface area contributed by atoms with Gasteiger partial charge in [0.1, 0.15) is 0 Å². The van der Waals surface area contributed by atoms with Crippen LogP contribution >= 0.6 is 0 Å². The van der Waals surface area contributed by atoms with Crippen LogP contribution in [0.15, 0.2) is 0 Å². The van der Waals surface area contributed by atoms with Crippen molar-refractivity contribution in [3.05, 3.63) is 0 Å². The average molecular weight is 652 g/mol. The summed E-state index contributed by atoms with van der Waals surface area (Å²) in [5.74, 6) is -17.8. The third-order valence-electron chi connectivity index (χ3n) is 3.31. The minimum atomic E-state index is -11.1. The molecule has 0 spiro atoms. The molecule has 0 N–H and O–H groups in total. The summed E-state index contributed by atoms with van der Waals surface area (Å²) < 4.78 is 311. The monoisotopic (exact) mass is 652 g/mol. The van der Waals surface area contributed by atoms with Gasteiger partial charge in [-0.05, 0) is 0 Å². The Morgan fingerprint density at radius 2 is 0.500 bits per heavy atom. The second-order valence-electron chi connectivity index (χ2n) is 6.13. The van der Waals surface area contributed by atoms with E-state index < -0.39 is 69.2 Å². The topological polar surface area (TPSA) is 27.7 Å². The van der Waals surface area contributed by atoms with E-state index in [0.717, 1.165) is 0 Å². The zero-order valence-electron chi connectivity index (χ0n) is 15.8. The smallest absolute Gasteiger partial charge is 0.302 e. The first-order valence-electron chi connectivity index (χ1n) is 7.51. The van der Waals surface area contributed by atoms with Crippen molar-refractivity contribution in [2.45, 2.75) is 60.4 Å². The van der Waals surface area contributed by atoms with Gasteiger partial charge in [0.05, 0.1) is 0 Å². The van der Waals surface area contributed by atoms with Crippen LogP contribution in [0.2, 0.25) is 0 Å². The van der Waals surface area contributed by atoms with Crippen LogP contribution in [-0.2, 0) is 13.3 Å². The highest BCUT2D eigenvalue weighted by Crippen LogP contribution is 2.60. The molecule has 0 aromatic rings. The Kier molecular flexibility index (Phi) is 8.85. The van der Waals surface area contributed by atoms with Gasteiger partial charge >= 0.3 is 69.2 Å². The van der Waals surface area contributed by atoms with Gasteiger partial charge in [-0.3, -0.25) is 0 Å². The predicted octanol–water partition coefficient (Wildman–Crippen LogP) is 7.45. The number of hydrogen-bond acceptors (Lipinski definition) is 3. The number of rotatable bonds is 9. The summed E-state index contributed by atoms with van der Waals surface area (Å²) >= 11 is 0. The Morgan fingerprint density at radius 1 is 0.289 bits per heavy atom. The molecule has 0 aromatic carbocycles. The van der Waals surface area contributed by atoms with Crippen LogP contribution in [0, 0.1) is 0 Å². The summed E-state index contributed by atoms with van der Waals surface area (Å²) in [4.78, 5) is 0. The molecule has 0 aliphatic heterocycles. The first-order chi connectivity index (χ1) is 15.9. The van der Waals surface area contributed by atoms with E-state index in [9.17, 15) is 105 Å². The van der Waals surface area contributed by atoms with E-state index in [-0.39, 0.29) is 0 Å². The summed E-state index contributed by atoms with van der Waals surface area (Å²) in [7, 11) is -11.1. The van der Waals surface area contributed by atoms with Gasteiger partial charge in [-0.15, -0.1) is 0 Å². The van der Waals surface area contributed by atoms with E-state index in [2.05, 4.69) is 0 Å². The first kappa shape index (κ1) is 36.4. The molecule has 230 valence electrons. The Hall–Kier alpha value is -1.58. The van der Waals surface area contributed by atoms with Crippen LogP contribution in [0.4, 0.5) is 105 Å². The predicted molar refractivity (Wildman–Crippen MR) is 62.9 cm³/mol. The molecular formula is C10F24O3Si. The van der Waals surface area contributed by atoms with Crippen molar-refractivity contribution in [1.82, 2.24) is 0 Å². The van der Waals surface area contributed by atoms with E-state index in [1.807, 2.05) is 0 Å². The molecule has 0 fully saturated rings. The molecule has 0 amide bonds. The van der Waals surface area contributed by atoms with Crippen LogP contribution in [0.3, 0.4) is 0 Å². The Balaban J connectivity index is 8.01. The SMILES string of the molecule is FC(F)(F)C(F)(F)O[Si](OC(F)(F)C(F)(F)F)(OC(F)(F)C(F)(F)F)C(F)(F)C(F)(F)C(F)(F)C(F)(F)F. The highest BCUT2D eigenvalue weighted by atomic mass is 28.4. The second kappa shape index (κ2) is 9.23. The van der Waals surface area contributed by atoms with E-state index in [1.54, 1.807) is 0 Å². The van der Waals surface area contributed by atoms with Crippen LogP contribution in [-0.4, -0.2) is 69.2 Å². The maximum Gasteiger partial charge on any atom is 0.595 e. The summed E-state index contributed by atoms with van der Waals surface area (Å²) in [6.07, 6.45) is -57.0. The third-order valence-corrected chi connectivity index (χ3v) is 5.97. The molecule has 0 aromatic heterocycles. The van der Waals surface area contributed by atoms with Crippen molar-refractivity contribution >= 4 is 8.80 Å². The van der Waals surface area contributed by atoms with Crippen molar-refractivity contribution in [2.24, 2.45) is 0 Å². The normalized spacial score (nSPS) is 16.7. The molecule has 0 bridgehead atoms. The summed E-state index contributed by atoms with van der Waals surface area (Å²) in [5, 5.41) is 0. The quantitative estimate of drug-likeness (QED) is 0.192. The molecule has 0 heterocycles. The Labute approximate surface area is 189 Å². The molecule has 38 heavy (non-hydrogen) atoms. The van der Waals surface area contributed by atoms with Crippen molar-refractivity contribution in [3.63, 3.8) is 0 Å². The largest absolute Gasteiger partial charge is 0.595 e. The van der Waals surface area contributed by atoms with Gasteiger partial charge in [0, 0.05) is 0 Å². The first-order valence-corrected chi connectivity index (χ1v) is 9.24. The summed E-state index contributed by atoms with van der Waals surface area (Å²) in [5.41, 5.74) is -9.20. The maximum atomic E-state index is 14.2. The molecular weight excluding hydrogens is 652 g/mol. The van der Waals surface area contributed by atoms with Gasteiger partial charge in [0.15, 0.2) is 0 Å². The molecule has 3 nitrogen and oxygen atoms in total. The molecule has 0 aliphatic rings. The Bertz CT molecular complexity index is 761. The number of alkyl halides is 24. The van der Waals surface area contributed by atoms with E-state index in [1.165, 1.54) is 13.3 Å². The van der Waals surface area contributed by atoms with Crippen LogP contribution in [0.5, 0.6) is 0 Å². The molecule has 0 saturated carbocycles. The zero-order valence-corrected chi connectivity index (χ0v) is 16.8. The molecule has 28 heteroatoms. The lowest BCUT2D eigenvalue weighted by atomic mass is 10.1.